The molecule has 2 atom stereocenters. The monoisotopic (exact) mass is 470 g/mol. The molecule has 0 saturated carbocycles. The molecule has 0 radical (unpaired) electrons. The summed E-state index contributed by atoms with van der Waals surface area (Å²) in [5.74, 6) is -1.08. The molecule has 1 aliphatic rings. The van der Waals surface area contributed by atoms with Crippen molar-refractivity contribution < 1.29 is 23.8 Å². The number of rotatable bonds is 5. The van der Waals surface area contributed by atoms with Gasteiger partial charge >= 0.3 is 5.97 Å². The van der Waals surface area contributed by atoms with Crippen molar-refractivity contribution in [1.29, 1.82) is 0 Å². The third-order valence-electron chi connectivity index (χ3n) is 6.12. The number of halogens is 2. The Morgan fingerprint density at radius 3 is 2.73 bits per heavy atom. The molecule has 1 N–H and O–H groups in total. The number of amides is 1. The molecule has 33 heavy (non-hydrogen) atoms. The van der Waals surface area contributed by atoms with Crippen LogP contribution in [0.2, 0.25) is 5.02 Å². The normalized spacial score (nSPS) is 19.3. The van der Waals surface area contributed by atoms with Crippen LogP contribution in [0.1, 0.15) is 26.7 Å². The van der Waals surface area contributed by atoms with Gasteiger partial charge in [-0.25, -0.2) is 4.39 Å². The van der Waals surface area contributed by atoms with E-state index in [0.29, 0.717) is 41.2 Å². The first-order chi connectivity index (χ1) is 15.7. The van der Waals surface area contributed by atoms with E-state index in [0.717, 1.165) is 10.9 Å². The van der Waals surface area contributed by atoms with Crippen molar-refractivity contribution in [3.05, 3.63) is 59.5 Å². The van der Waals surface area contributed by atoms with Crippen molar-refractivity contribution in [3.63, 3.8) is 0 Å². The molecule has 0 aliphatic carbocycles. The number of hydrogen-bond donors (Lipinski definition) is 1. The lowest BCUT2D eigenvalue weighted by Crippen LogP contribution is -2.51. The molecule has 2 heterocycles. The molecule has 6 nitrogen and oxygen atoms in total. The topological polar surface area (TPSA) is 79.7 Å². The Hall–Kier alpha value is -3.19. The van der Waals surface area contributed by atoms with Crippen molar-refractivity contribution in [1.82, 2.24) is 9.88 Å². The van der Waals surface area contributed by atoms with Crippen LogP contribution in [-0.2, 0) is 9.59 Å². The zero-order valence-electron chi connectivity index (χ0n) is 18.3. The highest BCUT2D eigenvalue weighted by Gasteiger charge is 2.40. The summed E-state index contributed by atoms with van der Waals surface area (Å²) in [7, 11) is 0. The zero-order valence-corrected chi connectivity index (χ0v) is 19.1. The van der Waals surface area contributed by atoms with E-state index in [1.807, 2.05) is 12.1 Å². The molecule has 1 unspecified atom stereocenters. The maximum atomic E-state index is 13.5. The highest BCUT2D eigenvalue weighted by molar-refractivity contribution is 6.33. The largest absolute Gasteiger partial charge is 0.481 e. The van der Waals surface area contributed by atoms with Crippen molar-refractivity contribution >= 4 is 34.4 Å². The summed E-state index contributed by atoms with van der Waals surface area (Å²) in [5, 5.41) is 10.6. The van der Waals surface area contributed by atoms with Crippen LogP contribution in [0, 0.1) is 11.2 Å². The van der Waals surface area contributed by atoms with E-state index >= 15 is 0 Å². The average Bonchev–Trinajstić information content (AvgIpc) is 2.78. The number of pyridine rings is 1. The average molecular weight is 471 g/mol. The Kier molecular flexibility index (Phi) is 6.26. The first-order valence-electron chi connectivity index (χ1n) is 10.7. The number of likely N-dealkylation sites (tertiary alicyclic amines) is 1. The van der Waals surface area contributed by atoms with Gasteiger partial charge < -0.3 is 14.7 Å². The van der Waals surface area contributed by atoms with E-state index in [-0.39, 0.29) is 12.5 Å². The van der Waals surface area contributed by atoms with Gasteiger partial charge in [0, 0.05) is 36.3 Å². The Bertz CT molecular complexity index is 1230. The van der Waals surface area contributed by atoms with Gasteiger partial charge in [0.2, 0.25) is 0 Å². The predicted molar refractivity (Wildman–Crippen MR) is 124 cm³/mol. The van der Waals surface area contributed by atoms with Gasteiger partial charge in [0.1, 0.15) is 11.6 Å². The van der Waals surface area contributed by atoms with Crippen LogP contribution >= 0.6 is 11.6 Å². The minimum Gasteiger partial charge on any atom is -0.481 e. The van der Waals surface area contributed by atoms with Crippen LogP contribution in [0.15, 0.2) is 48.7 Å². The summed E-state index contributed by atoms with van der Waals surface area (Å²) in [6, 6.07) is 11.4. The van der Waals surface area contributed by atoms with Gasteiger partial charge in [-0.05, 0) is 68.7 Å². The summed E-state index contributed by atoms with van der Waals surface area (Å²) in [6.07, 6.45) is 2.03. The second-order valence-electron chi connectivity index (χ2n) is 8.65. The van der Waals surface area contributed by atoms with Crippen LogP contribution < -0.4 is 4.74 Å². The van der Waals surface area contributed by atoms with Crippen molar-refractivity contribution in [3.8, 4) is 16.9 Å². The molecule has 172 valence electrons. The molecular weight excluding hydrogens is 447 g/mol. The number of carbonyl (C=O) groups excluding carboxylic acids is 1. The Morgan fingerprint density at radius 2 is 2.00 bits per heavy atom. The van der Waals surface area contributed by atoms with Gasteiger partial charge in [-0.15, -0.1) is 0 Å². The molecule has 1 aliphatic heterocycles. The highest BCUT2D eigenvalue weighted by Crippen LogP contribution is 2.35. The van der Waals surface area contributed by atoms with Crippen LogP contribution in [0.5, 0.6) is 5.75 Å². The van der Waals surface area contributed by atoms with Crippen molar-refractivity contribution in [2.45, 2.75) is 32.8 Å². The first kappa shape index (κ1) is 23.0. The lowest BCUT2D eigenvalue weighted by molar-refractivity contribution is -0.155. The van der Waals surface area contributed by atoms with Crippen LogP contribution in [0.25, 0.3) is 22.0 Å². The van der Waals surface area contributed by atoms with Crippen LogP contribution in [0.4, 0.5) is 4.39 Å². The van der Waals surface area contributed by atoms with E-state index in [1.54, 1.807) is 43.1 Å². The number of ether oxygens (including phenoxy) is 1. The van der Waals surface area contributed by atoms with Crippen LogP contribution in [0.3, 0.4) is 0 Å². The number of carboxylic acid groups (broad SMARTS) is 1. The zero-order chi connectivity index (χ0) is 23.8. The number of carbonyl (C=O) groups is 2. The summed E-state index contributed by atoms with van der Waals surface area (Å²) >= 11 is 6.25. The lowest BCUT2D eigenvalue weighted by Gasteiger charge is -2.38. The minimum atomic E-state index is -0.946. The molecule has 0 spiro atoms. The second kappa shape index (κ2) is 8.98. The fourth-order valence-electron chi connectivity index (χ4n) is 4.26. The molecule has 0 bridgehead atoms. The lowest BCUT2D eigenvalue weighted by atomic mass is 9.82. The van der Waals surface area contributed by atoms with Gasteiger partial charge in [-0.3, -0.25) is 14.6 Å². The molecule has 3 aromatic rings. The van der Waals surface area contributed by atoms with Crippen molar-refractivity contribution in [2.75, 3.05) is 13.1 Å². The van der Waals surface area contributed by atoms with E-state index in [2.05, 4.69) is 4.98 Å². The van der Waals surface area contributed by atoms with E-state index < -0.39 is 23.3 Å². The predicted octanol–water partition coefficient (Wildman–Crippen LogP) is 5.17. The van der Waals surface area contributed by atoms with Gasteiger partial charge in [-0.1, -0.05) is 11.6 Å². The third kappa shape index (κ3) is 4.64. The fraction of sp³-hybridized carbons (Fsp3) is 0.320. The van der Waals surface area contributed by atoms with Gasteiger partial charge in [0.25, 0.3) is 5.91 Å². The number of nitrogens with zero attached hydrogens (tertiary/aromatic N) is 2. The second-order valence-corrected chi connectivity index (χ2v) is 9.06. The van der Waals surface area contributed by atoms with Crippen LogP contribution in [-0.4, -0.2) is 46.1 Å². The highest BCUT2D eigenvalue weighted by atomic mass is 35.5. The summed E-state index contributed by atoms with van der Waals surface area (Å²) < 4.78 is 19.4. The number of hydrogen-bond acceptors (Lipinski definition) is 4. The van der Waals surface area contributed by atoms with Gasteiger partial charge in [0.05, 0.1) is 16.0 Å². The van der Waals surface area contributed by atoms with Gasteiger partial charge in [-0.2, -0.15) is 0 Å². The number of carboxylic acids is 1. The first-order valence-corrected chi connectivity index (χ1v) is 11.1. The Balaban J connectivity index is 1.55. The minimum absolute atomic E-state index is 0.163. The smallest absolute Gasteiger partial charge is 0.311 e. The maximum Gasteiger partial charge on any atom is 0.311 e. The summed E-state index contributed by atoms with van der Waals surface area (Å²) in [5.41, 5.74) is 1.19. The molecule has 4 rings (SSSR count). The number of piperidine rings is 1. The molecule has 8 heteroatoms. The number of benzene rings is 2. The number of aliphatic carboxylic acids is 1. The van der Waals surface area contributed by atoms with E-state index in [4.69, 9.17) is 16.3 Å². The summed E-state index contributed by atoms with van der Waals surface area (Å²) in [6.45, 7) is 3.99. The molecule has 1 saturated heterocycles. The molecular formula is C25H24ClFN2O4. The molecule has 1 aromatic heterocycles. The molecule has 1 fully saturated rings. The Morgan fingerprint density at radius 1 is 1.21 bits per heavy atom. The van der Waals surface area contributed by atoms with E-state index in [9.17, 15) is 19.1 Å². The number of aromatic nitrogens is 1. The SMILES string of the molecule is CC(Oc1ccc2c(-c3ccc(F)cc3Cl)ccnc2c1)C(=O)N1CCC[C@](C)(C(=O)O)C1. The molecule has 1 amide bonds. The van der Waals surface area contributed by atoms with Crippen molar-refractivity contribution in [2.24, 2.45) is 5.41 Å². The fourth-order valence-corrected chi connectivity index (χ4v) is 4.53. The third-order valence-corrected chi connectivity index (χ3v) is 6.43. The Labute approximate surface area is 195 Å². The maximum absolute atomic E-state index is 13.5. The van der Waals surface area contributed by atoms with E-state index in [1.165, 1.54) is 12.1 Å². The standard InChI is InChI=1S/C25H24ClFN2O4/c1-15(23(30)29-11-3-9-25(2,14-29)24(31)32)33-17-5-7-20-18(8-10-28-22(20)13-17)19-6-4-16(27)12-21(19)26/h4-8,10,12-13,15H,3,9,11,14H2,1-2H3,(H,31,32)/t15?,25-/m0/s1. The quantitative estimate of drug-likeness (QED) is 0.556. The number of fused-ring (bicyclic) bond motifs is 1. The molecule has 2 aromatic carbocycles. The summed E-state index contributed by atoms with van der Waals surface area (Å²) in [4.78, 5) is 30.5. The van der Waals surface area contributed by atoms with Gasteiger partial charge in [0.15, 0.2) is 6.10 Å².